The van der Waals surface area contributed by atoms with E-state index >= 15 is 0 Å². The van der Waals surface area contributed by atoms with Crippen LogP contribution in [-0.2, 0) is 19.3 Å². The number of alkyl halides is 3. The van der Waals surface area contributed by atoms with Crippen molar-refractivity contribution < 1.29 is 32.3 Å². The number of hydrogen-bond donors (Lipinski definition) is 2. The number of carboxylic acids is 1. The van der Waals surface area contributed by atoms with Gasteiger partial charge in [0.1, 0.15) is 5.52 Å². The summed E-state index contributed by atoms with van der Waals surface area (Å²) in [6.07, 6.45) is -4.56. The molecule has 40 heavy (non-hydrogen) atoms. The Bertz CT molecular complexity index is 1770. The summed E-state index contributed by atoms with van der Waals surface area (Å²) in [6.45, 7) is -0.192. The number of halogens is 3. The van der Waals surface area contributed by atoms with Crippen molar-refractivity contribution >= 4 is 23.0 Å². The first kappa shape index (κ1) is 26.5. The molecule has 0 unspecified atom stereocenters. The molecule has 0 atom stereocenters. The molecule has 0 aliphatic heterocycles. The third-order valence-electron chi connectivity index (χ3n) is 6.36. The van der Waals surface area contributed by atoms with Crippen LogP contribution in [0.25, 0.3) is 22.2 Å². The fourth-order valence-electron chi connectivity index (χ4n) is 4.39. The van der Waals surface area contributed by atoms with E-state index in [0.29, 0.717) is 11.1 Å². The molecule has 202 valence electrons. The summed E-state index contributed by atoms with van der Waals surface area (Å²) in [5.41, 5.74) is 1.79. The number of amides is 1. The lowest BCUT2D eigenvalue weighted by atomic mass is 10.0. The topological polar surface area (TPSA) is 102 Å². The molecule has 0 bridgehead atoms. The van der Waals surface area contributed by atoms with E-state index in [9.17, 15) is 27.6 Å². The molecule has 0 aliphatic carbocycles. The Kier molecular flexibility index (Phi) is 7.00. The third kappa shape index (κ3) is 5.51. The number of aromatic carboxylic acids is 1. The first-order chi connectivity index (χ1) is 19.1. The number of carbonyl (C=O) groups excluding carboxylic acids is 1. The number of fused-ring (bicyclic) bond motifs is 1. The van der Waals surface area contributed by atoms with E-state index in [1.165, 1.54) is 24.3 Å². The van der Waals surface area contributed by atoms with Gasteiger partial charge in [-0.2, -0.15) is 13.2 Å². The molecule has 1 heterocycles. The van der Waals surface area contributed by atoms with Crippen molar-refractivity contribution in [3.63, 3.8) is 0 Å². The molecule has 5 aromatic rings. The number of aromatic nitrogens is 1. The first-order valence-corrected chi connectivity index (χ1v) is 12.1. The quantitative estimate of drug-likeness (QED) is 0.263. The molecule has 5 rings (SSSR count). The Morgan fingerprint density at radius 2 is 1.57 bits per heavy atom. The summed E-state index contributed by atoms with van der Waals surface area (Å²) >= 11 is 0. The van der Waals surface area contributed by atoms with Gasteiger partial charge in [-0.25, -0.2) is 9.59 Å². The fourth-order valence-corrected chi connectivity index (χ4v) is 4.39. The summed E-state index contributed by atoms with van der Waals surface area (Å²) in [7, 11) is 0. The molecule has 1 aromatic heterocycles. The standard InChI is InChI=1S/C30H21F3N2O5/c31-30(32,33)23-8-4-5-19(13-23)17-35-26-24(27(36)34-16-18-9-11-21(12-10-18)28(37)38)14-22(15-25(26)40-29(35)39)20-6-2-1-3-7-20/h1-15H,16-17H2,(H,34,36)(H,37,38). The molecule has 0 aliphatic rings. The average molecular weight is 547 g/mol. The highest BCUT2D eigenvalue weighted by Gasteiger charge is 2.30. The lowest BCUT2D eigenvalue weighted by Crippen LogP contribution is -2.25. The Labute approximate surface area is 225 Å². The van der Waals surface area contributed by atoms with E-state index in [1.807, 2.05) is 30.3 Å². The van der Waals surface area contributed by atoms with E-state index in [0.717, 1.165) is 22.3 Å². The van der Waals surface area contributed by atoms with E-state index in [1.54, 1.807) is 24.3 Å². The maximum Gasteiger partial charge on any atom is 0.420 e. The van der Waals surface area contributed by atoms with Gasteiger partial charge in [0.15, 0.2) is 5.58 Å². The second kappa shape index (κ2) is 10.6. The molecule has 4 aromatic carbocycles. The zero-order valence-corrected chi connectivity index (χ0v) is 20.7. The van der Waals surface area contributed by atoms with Crippen molar-refractivity contribution in [3.8, 4) is 11.1 Å². The van der Waals surface area contributed by atoms with Gasteiger partial charge in [-0.1, -0.05) is 54.6 Å². The van der Waals surface area contributed by atoms with Gasteiger partial charge in [0.25, 0.3) is 5.91 Å². The average Bonchev–Trinajstić information content (AvgIpc) is 3.26. The van der Waals surface area contributed by atoms with Crippen molar-refractivity contribution in [1.82, 2.24) is 9.88 Å². The minimum Gasteiger partial charge on any atom is -0.478 e. The second-order valence-corrected chi connectivity index (χ2v) is 9.07. The van der Waals surface area contributed by atoms with Crippen molar-refractivity contribution in [2.24, 2.45) is 0 Å². The predicted molar refractivity (Wildman–Crippen MR) is 141 cm³/mol. The van der Waals surface area contributed by atoms with Crippen molar-refractivity contribution in [2.45, 2.75) is 19.3 Å². The van der Waals surface area contributed by atoms with Crippen LogP contribution in [0.1, 0.15) is 37.4 Å². The van der Waals surface area contributed by atoms with Crippen LogP contribution in [0.3, 0.4) is 0 Å². The number of rotatable bonds is 7. The molecular formula is C30H21F3N2O5. The van der Waals surface area contributed by atoms with Gasteiger partial charge in [-0.05, 0) is 58.7 Å². The molecule has 0 saturated carbocycles. The molecule has 0 radical (unpaired) electrons. The number of carboxylic acid groups (broad SMARTS) is 1. The van der Waals surface area contributed by atoms with E-state index in [4.69, 9.17) is 9.52 Å². The van der Waals surface area contributed by atoms with Crippen LogP contribution >= 0.6 is 0 Å². The Hall–Kier alpha value is -5.12. The summed E-state index contributed by atoms with van der Waals surface area (Å²) in [5.74, 6) is -2.45. The van der Waals surface area contributed by atoms with E-state index in [-0.39, 0.29) is 40.9 Å². The molecule has 0 fully saturated rings. The lowest BCUT2D eigenvalue weighted by Gasteiger charge is -2.12. The van der Waals surface area contributed by atoms with Gasteiger partial charge in [0.05, 0.1) is 23.2 Å². The highest BCUT2D eigenvalue weighted by molar-refractivity contribution is 6.06. The minimum absolute atomic E-state index is 0.0610. The van der Waals surface area contributed by atoms with Gasteiger partial charge in [0, 0.05) is 6.54 Å². The van der Waals surface area contributed by atoms with Crippen LogP contribution in [-0.4, -0.2) is 21.6 Å². The zero-order chi connectivity index (χ0) is 28.4. The lowest BCUT2D eigenvalue weighted by molar-refractivity contribution is -0.137. The molecule has 0 spiro atoms. The summed E-state index contributed by atoms with van der Waals surface area (Å²) < 4.78 is 46.4. The largest absolute Gasteiger partial charge is 0.478 e. The van der Waals surface area contributed by atoms with Crippen LogP contribution in [0.4, 0.5) is 13.2 Å². The zero-order valence-electron chi connectivity index (χ0n) is 20.7. The second-order valence-electron chi connectivity index (χ2n) is 9.07. The summed E-state index contributed by atoms with van der Waals surface area (Å²) in [5, 5.41) is 11.9. The normalized spacial score (nSPS) is 11.5. The maximum absolute atomic E-state index is 13.5. The van der Waals surface area contributed by atoms with Crippen LogP contribution in [0.5, 0.6) is 0 Å². The fraction of sp³-hybridized carbons (Fsp3) is 0.100. The monoisotopic (exact) mass is 546 g/mol. The van der Waals surface area contributed by atoms with Crippen LogP contribution in [0, 0.1) is 0 Å². The van der Waals surface area contributed by atoms with Gasteiger partial charge in [-0.15, -0.1) is 0 Å². The molecule has 0 saturated heterocycles. The maximum atomic E-state index is 13.5. The van der Waals surface area contributed by atoms with Crippen molar-refractivity contribution in [2.75, 3.05) is 0 Å². The molecule has 10 heteroatoms. The number of benzene rings is 4. The predicted octanol–water partition coefficient (Wildman–Crippen LogP) is 5.96. The third-order valence-corrected chi connectivity index (χ3v) is 6.36. The molecule has 1 amide bonds. The van der Waals surface area contributed by atoms with Crippen LogP contribution in [0.15, 0.2) is 100 Å². The van der Waals surface area contributed by atoms with Gasteiger partial charge in [-0.3, -0.25) is 9.36 Å². The highest BCUT2D eigenvalue weighted by Crippen LogP contribution is 2.31. The summed E-state index contributed by atoms with van der Waals surface area (Å²) in [6, 6.07) is 22.9. The number of hydrogen-bond acceptors (Lipinski definition) is 4. The van der Waals surface area contributed by atoms with E-state index < -0.39 is 29.4 Å². The van der Waals surface area contributed by atoms with Gasteiger partial charge in [0.2, 0.25) is 0 Å². The van der Waals surface area contributed by atoms with Gasteiger partial charge >= 0.3 is 17.9 Å². The SMILES string of the molecule is O=C(O)c1ccc(CNC(=O)c2cc(-c3ccccc3)cc3oc(=O)n(Cc4cccc(C(F)(F)F)c4)c23)cc1. The molecule has 2 N–H and O–H groups in total. The number of nitrogens with one attached hydrogen (secondary N) is 1. The van der Waals surface area contributed by atoms with Crippen molar-refractivity contribution in [3.05, 3.63) is 129 Å². The smallest absolute Gasteiger partial charge is 0.420 e. The first-order valence-electron chi connectivity index (χ1n) is 12.1. The highest BCUT2D eigenvalue weighted by atomic mass is 19.4. The number of carbonyl (C=O) groups is 2. The Morgan fingerprint density at radius 3 is 2.25 bits per heavy atom. The van der Waals surface area contributed by atoms with E-state index in [2.05, 4.69) is 5.32 Å². The van der Waals surface area contributed by atoms with Crippen molar-refractivity contribution in [1.29, 1.82) is 0 Å². The number of nitrogens with zero attached hydrogens (tertiary/aromatic N) is 1. The molecular weight excluding hydrogens is 525 g/mol. The number of oxazole rings is 1. The minimum atomic E-state index is -4.56. The Morgan fingerprint density at radius 1 is 0.850 bits per heavy atom. The van der Waals surface area contributed by atoms with Crippen LogP contribution in [0.2, 0.25) is 0 Å². The van der Waals surface area contributed by atoms with Gasteiger partial charge < -0.3 is 14.8 Å². The Balaban J connectivity index is 1.56. The summed E-state index contributed by atoms with van der Waals surface area (Å²) in [4.78, 5) is 37.5. The molecule has 7 nitrogen and oxygen atoms in total. The van der Waals surface area contributed by atoms with Crippen LogP contribution < -0.4 is 11.1 Å².